The molecule has 0 unspecified atom stereocenters. The molecule has 1 aromatic carbocycles. The van der Waals surface area contributed by atoms with Crippen LogP contribution in [0.2, 0.25) is 5.16 Å². The number of hydrogen-bond acceptors (Lipinski definition) is 4. The zero-order valence-electron chi connectivity index (χ0n) is 16.6. The molecule has 0 bridgehead atoms. The van der Waals surface area contributed by atoms with Crippen molar-refractivity contribution in [1.82, 2.24) is 0 Å². The fourth-order valence-electron chi connectivity index (χ4n) is 3.86. The molecule has 26 heavy (non-hydrogen) atoms. The minimum absolute atomic E-state index is 0.186. The third kappa shape index (κ3) is 6.81. The maximum atomic E-state index is 9.38. The van der Waals surface area contributed by atoms with Gasteiger partial charge in [0, 0.05) is 27.8 Å². The van der Waals surface area contributed by atoms with Gasteiger partial charge in [-0.2, -0.15) is 10.5 Å². The van der Waals surface area contributed by atoms with Gasteiger partial charge in [0.1, 0.15) is 10.8 Å². The highest BCUT2D eigenvalue weighted by Gasteiger charge is 2.37. The first-order chi connectivity index (χ1) is 12.5. The predicted molar refractivity (Wildman–Crippen MR) is 124 cm³/mol. The van der Waals surface area contributed by atoms with Crippen molar-refractivity contribution in [1.29, 1.82) is 10.5 Å². The van der Waals surface area contributed by atoms with E-state index in [9.17, 15) is 10.5 Å². The molecule has 0 aromatic heterocycles. The van der Waals surface area contributed by atoms with Crippen LogP contribution in [-0.4, -0.2) is 27.8 Å². The highest BCUT2D eigenvalue weighted by Crippen LogP contribution is 2.39. The molecule has 0 N–H and O–H groups in total. The van der Waals surface area contributed by atoms with E-state index in [4.69, 9.17) is 0 Å². The zero-order chi connectivity index (χ0) is 19.5. The van der Waals surface area contributed by atoms with Gasteiger partial charge in [-0.3, -0.25) is 0 Å². The van der Waals surface area contributed by atoms with Gasteiger partial charge in [-0.05, 0) is 61.2 Å². The van der Waals surface area contributed by atoms with E-state index in [2.05, 4.69) is 68.8 Å². The Morgan fingerprint density at radius 1 is 0.846 bits per heavy atom. The lowest BCUT2D eigenvalue weighted by Crippen LogP contribution is -2.42. The van der Waals surface area contributed by atoms with Gasteiger partial charge in [-0.1, -0.05) is 63.2 Å². The molecule has 142 valence electrons. The number of rotatable bonds is 12. The maximum Gasteiger partial charge on any atom is 0.133 e. The van der Waals surface area contributed by atoms with E-state index in [1.807, 2.05) is 0 Å². The third-order valence-electron chi connectivity index (χ3n) is 5.79. The van der Waals surface area contributed by atoms with E-state index >= 15 is 0 Å². The van der Waals surface area contributed by atoms with Crippen molar-refractivity contribution in [3.05, 3.63) is 35.9 Å². The Bertz CT molecular complexity index is 568. The minimum Gasteiger partial charge on any atom is -0.185 e. The van der Waals surface area contributed by atoms with E-state index < -0.39 is 19.0 Å². The average Bonchev–Trinajstić information content (AvgIpc) is 2.67. The van der Waals surface area contributed by atoms with Crippen molar-refractivity contribution in [2.24, 2.45) is 0 Å². The van der Waals surface area contributed by atoms with Gasteiger partial charge in [0.15, 0.2) is 0 Å². The summed E-state index contributed by atoms with van der Waals surface area (Å²) in [6, 6.07) is 10.8. The van der Waals surface area contributed by atoms with E-state index in [0.717, 1.165) is 37.3 Å². The van der Waals surface area contributed by atoms with Gasteiger partial charge >= 0.3 is 0 Å². The number of hydrogen-bond donors (Lipinski definition) is 0. The molecule has 0 saturated carbocycles. The Balaban J connectivity index is 3.12. The molecular formula is C20H32N2S2Si2. The number of nitriles is 2. The molecule has 0 saturated heterocycles. The van der Waals surface area contributed by atoms with Crippen molar-refractivity contribution in [3.8, 4) is 10.8 Å². The van der Waals surface area contributed by atoms with Crippen LogP contribution in [0, 0.1) is 21.3 Å². The van der Waals surface area contributed by atoms with Gasteiger partial charge in [-0.25, -0.2) is 0 Å². The molecule has 0 aliphatic heterocycles. The first-order valence-corrected chi connectivity index (χ1v) is 14.4. The summed E-state index contributed by atoms with van der Waals surface area (Å²) >= 11 is 3.07. The summed E-state index contributed by atoms with van der Waals surface area (Å²) in [5.41, 5.74) is 1.42. The smallest absolute Gasteiger partial charge is 0.133 e. The summed E-state index contributed by atoms with van der Waals surface area (Å²) in [6.07, 6.45) is 5.49. The fraction of sp³-hybridized carbons (Fsp3) is 0.600. The molecule has 1 aromatic rings. The largest absolute Gasteiger partial charge is 0.185 e. The van der Waals surface area contributed by atoms with Gasteiger partial charge in [0.25, 0.3) is 0 Å². The molecule has 0 heterocycles. The first kappa shape index (κ1) is 23.4. The highest BCUT2D eigenvalue weighted by molar-refractivity contribution is 8.06. The summed E-state index contributed by atoms with van der Waals surface area (Å²) in [5, 5.41) is 24.3. The van der Waals surface area contributed by atoms with Crippen molar-refractivity contribution in [2.75, 3.05) is 0 Å². The van der Waals surface area contributed by atoms with Crippen LogP contribution < -0.4 is 0 Å². The van der Waals surface area contributed by atoms with E-state index in [1.54, 1.807) is 0 Å². The fourth-order valence-corrected chi connectivity index (χ4v) is 16.7. The standard InChI is InChI=1S/C20H32N2S2Si2/c1-5-19(6-2,23-15-21)25-18(14-17-12-10-9-11-13-17)26-20(7-3,8-4)24-16-22/h9-13,18H,5-8,14,25-26H2,1-4H3. The number of benzene rings is 1. The normalized spacial score (nSPS) is 13.9. The van der Waals surface area contributed by atoms with E-state index in [0.29, 0.717) is 0 Å². The molecule has 0 atom stereocenters. The molecule has 0 fully saturated rings. The van der Waals surface area contributed by atoms with Crippen LogP contribution >= 0.6 is 23.5 Å². The molecule has 0 amide bonds. The van der Waals surface area contributed by atoms with Crippen LogP contribution in [0.25, 0.3) is 0 Å². The van der Waals surface area contributed by atoms with Crippen molar-refractivity contribution in [2.45, 2.75) is 73.7 Å². The monoisotopic (exact) mass is 420 g/mol. The van der Waals surface area contributed by atoms with Crippen molar-refractivity contribution >= 4 is 42.6 Å². The Kier molecular flexibility index (Phi) is 10.7. The lowest BCUT2D eigenvalue weighted by molar-refractivity contribution is 0.696. The Morgan fingerprint density at radius 2 is 1.27 bits per heavy atom. The van der Waals surface area contributed by atoms with Crippen LogP contribution in [-0.2, 0) is 6.42 Å². The SMILES string of the molecule is CCC(CC)([SiH2]C(Cc1ccccc1)[SiH2]C(CC)(CC)SC#N)SC#N. The van der Waals surface area contributed by atoms with Crippen molar-refractivity contribution in [3.63, 3.8) is 0 Å². The predicted octanol–water partition coefficient (Wildman–Crippen LogP) is 4.77. The van der Waals surface area contributed by atoms with Crippen LogP contribution in [0.5, 0.6) is 0 Å². The second-order valence-corrected chi connectivity index (χ2v) is 17.6. The molecule has 6 heteroatoms. The summed E-state index contributed by atoms with van der Waals surface area (Å²) in [6.45, 7) is 9.00. The number of thioether (sulfide) groups is 2. The summed E-state index contributed by atoms with van der Waals surface area (Å²) < 4.78 is 0.372. The number of nitrogens with zero attached hydrogens (tertiary/aromatic N) is 2. The molecule has 0 aliphatic rings. The summed E-state index contributed by atoms with van der Waals surface area (Å²) in [4.78, 5) is 0. The summed E-state index contributed by atoms with van der Waals surface area (Å²) in [7, 11) is -0.917. The Labute approximate surface area is 173 Å². The summed E-state index contributed by atoms with van der Waals surface area (Å²) in [5.74, 6) is 0. The number of thiocyanates is 2. The third-order valence-corrected chi connectivity index (χ3v) is 16.8. The lowest BCUT2D eigenvalue weighted by Gasteiger charge is -2.37. The van der Waals surface area contributed by atoms with Crippen LogP contribution in [0.3, 0.4) is 0 Å². The Hall–Kier alpha value is -0.666. The topological polar surface area (TPSA) is 47.6 Å². The van der Waals surface area contributed by atoms with E-state index in [1.165, 1.54) is 29.1 Å². The molecule has 2 nitrogen and oxygen atoms in total. The quantitative estimate of drug-likeness (QED) is 0.361. The van der Waals surface area contributed by atoms with E-state index in [-0.39, 0.29) is 8.74 Å². The van der Waals surface area contributed by atoms with Gasteiger partial charge in [0.2, 0.25) is 0 Å². The van der Waals surface area contributed by atoms with Crippen LogP contribution in [0.15, 0.2) is 30.3 Å². The zero-order valence-corrected chi connectivity index (χ0v) is 21.1. The minimum atomic E-state index is -0.458. The molecule has 0 aliphatic carbocycles. The first-order valence-electron chi connectivity index (χ1n) is 9.70. The average molecular weight is 421 g/mol. The van der Waals surface area contributed by atoms with Gasteiger partial charge in [-0.15, -0.1) is 0 Å². The molecule has 1 rings (SSSR count). The lowest BCUT2D eigenvalue weighted by atomic mass is 10.2. The molecule has 0 radical (unpaired) electrons. The van der Waals surface area contributed by atoms with Gasteiger partial charge in [0.05, 0.1) is 0 Å². The second-order valence-electron chi connectivity index (χ2n) is 7.13. The Morgan fingerprint density at radius 3 is 1.62 bits per heavy atom. The van der Waals surface area contributed by atoms with Gasteiger partial charge < -0.3 is 0 Å². The molecular weight excluding hydrogens is 389 g/mol. The highest BCUT2D eigenvalue weighted by atomic mass is 32.2. The van der Waals surface area contributed by atoms with Crippen LogP contribution in [0.4, 0.5) is 0 Å². The maximum absolute atomic E-state index is 9.38. The van der Waals surface area contributed by atoms with Crippen LogP contribution in [0.1, 0.15) is 58.9 Å². The molecule has 0 spiro atoms. The second kappa shape index (κ2) is 11.9. The van der Waals surface area contributed by atoms with Crippen molar-refractivity contribution < 1.29 is 0 Å².